The summed E-state index contributed by atoms with van der Waals surface area (Å²) in [5, 5.41) is 2.92. The molecule has 0 saturated carbocycles. The number of benzene rings is 1. The predicted molar refractivity (Wildman–Crippen MR) is 66.0 cm³/mol. The van der Waals surface area contributed by atoms with E-state index in [0.29, 0.717) is 0 Å². The molecule has 2 atom stereocenters. The van der Waals surface area contributed by atoms with Gasteiger partial charge in [-0.15, -0.1) is 0 Å². The summed E-state index contributed by atoms with van der Waals surface area (Å²) in [4.78, 5) is 12.0. The Labute approximate surface area is 95.7 Å². The van der Waals surface area contributed by atoms with Gasteiger partial charge in [-0.1, -0.05) is 49.4 Å². The average molecular weight is 213 g/mol. The highest BCUT2D eigenvalue weighted by atomic mass is 16.1. The molecule has 0 fully saturated rings. The van der Waals surface area contributed by atoms with Crippen LogP contribution in [-0.2, 0) is 4.79 Å². The Morgan fingerprint density at radius 2 is 1.81 bits per heavy atom. The van der Waals surface area contributed by atoms with Gasteiger partial charge < -0.3 is 5.32 Å². The van der Waals surface area contributed by atoms with Crippen molar-refractivity contribution in [3.8, 4) is 0 Å². The van der Waals surface area contributed by atoms with Crippen molar-refractivity contribution in [2.24, 2.45) is 11.8 Å². The molecule has 0 aliphatic heterocycles. The maximum atomic E-state index is 12.0. The van der Waals surface area contributed by atoms with Crippen LogP contribution >= 0.6 is 0 Å². The number of anilines is 1. The fourth-order valence-corrected chi connectivity index (χ4v) is 1.79. The fourth-order valence-electron chi connectivity index (χ4n) is 1.79. The van der Waals surface area contributed by atoms with Crippen molar-refractivity contribution in [2.45, 2.75) is 6.92 Å². The molecule has 1 aliphatic carbocycles. The molecule has 1 aliphatic rings. The molecule has 1 aromatic carbocycles. The first-order valence-electron chi connectivity index (χ1n) is 5.48. The third-order valence-electron chi connectivity index (χ3n) is 2.75. The fraction of sp³-hybridized carbons (Fsp3) is 0.214. The molecule has 2 rings (SSSR count). The van der Waals surface area contributed by atoms with Gasteiger partial charge in [-0.05, 0) is 18.1 Å². The molecular formula is C14H15NO. The van der Waals surface area contributed by atoms with E-state index < -0.39 is 0 Å². The first kappa shape index (κ1) is 10.7. The highest BCUT2D eigenvalue weighted by Gasteiger charge is 2.21. The smallest absolute Gasteiger partial charge is 0.231 e. The summed E-state index contributed by atoms with van der Waals surface area (Å²) in [7, 11) is 0. The molecule has 2 heteroatoms. The minimum absolute atomic E-state index is 0.0549. The Morgan fingerprint density at radius 1 is 1.12 bits per heavy atom. The second kappa shape index (κ2) is 4.79. The zero-order valence-corrected chi connectivity index (χ0v) is 9.26. The first-order valence-corrected chi connectivity index (χ1v) is 5.48. The standard InChI is InChI=1S/C14H15NO/c1-11-7-5-6-10-13(11)14(16)15-12-8-3-2-4-9-12/h2-11,13H,1H3,(H,15,16). The molecule has 0 radical (unpaired) electrons. The van der Waals surface area contributed by atoms with Crippen LogP contribution in [0.15, 0.2) is 54.6 Å². The maximum Gasteiger partial charge on any atom is 0.231 e. The van der Waals surface area contributed by atoms with Crippen molar-refractivity contribution in [3.05, 3.63) is 54.6 Å². The first-order chi connectivity index (χ1) is 7.77. The minimum Gasteiger partial charge on any atom is -0.326 e. The van der Waals surface area contributed by atoms with Crippen LogP contribution in [0.3, 0.4) is 0 Å². The number of para-hydroxylation sites is 1. The molecule has 1 aromatic rings. The van der Waals surface area contributed by atoms with Gasteiger partial charge in [-0.25, -0.2) is 0 Å². The zero-order valence-electron chi connectivity index (χ0n) is 9.26. The number of rotatable bonds is 2. The molecular weight excluding hydrogens is 198 g/mol. The van der Waals surface area contributed by atoms with Crippen LogP contribution < -0.4 is 5.32 Å². The summed E-state index contributed by atoms with van der Waals surface area (Å²) in [6.07, 6.45) is 7.91. The highest BCUT2D eigenvalue weighted by Crippen LogP contribution is 2.20. The van der Waals surface area contributed by atoms with Crippen molar-refractivity contribution >= 4 is 11.6 Å². The number of amides is 1. The van der Waals surface area contributed by atoms with Gasteiger partial charge in [0.05, 0.1) is 5.92 Å². The van der Waals surface area contributed by atoms with E-state index >= 15 is 0 Å². The second-order valence-corrected chi connectivity index (χ2v) is 4.01. The van der Waals surface area contributed by atoms with E-state index in [1.807, 2.05) is 48.6 Å². The van der Waals surface area contributed by atoms with Crippen molar-refractivity contribution in [1.29, 1.82) is 0 Å². The number of hydrogen-bond acceptors (Lipinski definition) is 1. The van der Waals surface area contributed by atoms with Gasteiger partial charge in [0.15, 0.2) is 0 Å². The second-order valence-electron chi connectivity index (χ2n) is 4.01. The predicted octanol–water partition coefficient (Wildman–Crippen LogP) is 3.00. The van der Waals surface area contributed by atoms with Gasteiger partial charge >= 0.3 is 0 Å². The lowest BCUT2D eigenvalue weighted by molar-refractivity contribution is -0.119. The number of carbonyl (C=O) groups is 1. The van der Waals surface area contributed by atoms with Gasteiger partial charge in [0.25, 0.3) is 0 Å². The molecule has 0 bridgehead atoms. The van der Waals surface area contributed by atoms with E-state index in [0.717, 1.165) is 5.69 Å². The molecule has 2 unspecified atom stereocenters. The van der Waals surface area contributed by atoms with E-state index in [-0.39, 0.29) is 17.7 Å². The van der Waals surface area contributed by atoms with E-state index in [9.17, 15) is 4.79 Å². The maximum absolute atomic E-state index is 12.0. The minimum atomic E-state index is -0.0646. The summed E-state index contributed by atoms with van der Waals surface area (Å²) in [5.41, 5.74) is 0.850. The molecule has 2 nitrogen and oxygen atoms in total. The number of nitrogens with one attached hydrogen (secondary N) is 1. The van der Waals surface area contributed by atoms with E-state index in [2.05, 4.69) is 18.3 Å². The van der Waals surface area contributed by atoms with Crippen molar-refractivity contribution in [3.63, 3.8) is 0 Å². The van der Waals surface area contributed by atoms with Gasteiger partial charge in [0.2, 0.25) is 5.91 Å². The van der Waals surface area contributed by atoms with Crippen LogP contribution in [0.25, 0.3) is 0 Å². The molecule has 0 heterocycles. The van der Waals surface area contributed by atoms with Gasteiger partial charge in [0, 0.05) is 5.69 Å². The zero-order chi connectivity index (χ0) is 11.4. The lowest BCUT2D eigenvalue weighted by Gasteiger charge is -2.19. The van der Waals surface area contributed by atoms with Crippen LogP contribution in [0.5, 0.6) is 0 Å². The molecule has 1 amide bonds. The number of allylic oxidation sites excluding steroid dienone is 3. The third kappa shape index (κ3) is 2.40. The lowest BCUT2D eigenvalue weighted by Crippen LogP contribution is -2.26. The van der Waals surface area contributed by atoms with Crippen molar-refractivity contribution < 1.29 is 4.79 Å². The molecule has 0 saturated heterocycles. The van der Waals surface area contributed by atoms with Crippen LogP contribution in [-0.4, -0.2) is 5.91 Å². The topological polar surface area (TPSA) is 29.1 Å². The Kier molecular flexibility index (Phi) is 3.20. The average Bonchev–Trinajstić information content (AvgIpc) is 2.31. The molecule has 1 N–H and O–H groups in total. The van der Waals surface area contributed by atoms with Gasteiger partial charge in [-0.2, -0.15) is 0 Å². The van der Waals surface area contributed by atoms with Crippen LogP contribution in [0.2, 0.25) is 0 Å². The Bertz CT molecular complexity index is 420. The molecule has 0 aromatic heterocycles. The van der Waals surface area contributed by atoms with Crippen LogP contribution in [0, 0.1) is 11.8 Å². The van der Waals surface area contributed by atoms with E-state index in [4.69, 9.17) is 0 Å². The lowest BCUT2D eigenvalue weighted by atomic mass is 9.89. The summed E-state index contributed by atoms with van der Waals surface area (Å²) in [6, 6.07) is 9.54. The van der Waals surface area contributed by atoms with Gasteiger partial charge in [-0.3, -0.25) is 4.79 Å². The number of carbonyl (C=O) groups excluding carboxylic acids is 1. The summed E-state index contributed by atoms with van der Waals surface area (Å²) < 4.78 is 0. The third-order valence-corrected chi connectivity index (χ3v) is 2.75. The molecule has 82 valence electrons. The largest absolute Gasteiger partial charge is 0.326 e. The highest BCUT2D eigenvalue weighted by molar-refractivity contribution is 5.94. The van der Waals surface area contributed by atoms with E-state index in [1.165, 1.54) is 0 Å². The van der Waals surface area contributed by atoms with Crippen molar-refractivity contribution in [1.82, 2.24) is 0 Å². The molecule has 16 heavy (non-hydrogen) atoms. The Hall–Kier alpha value is -1.83. The normalized spacial score (nSPS) is 23.1. The number of hydrogen-bond donors (Lipinski definition) is 1. The van der Waals surface area contributed by atoms with Crippen molar-refractivity contribution in [2.75, 3.05) is 5.32 Å². The SMILES string of the molecule is CC1C=CC=CC1C(=O)Nc1ccccc1. The van der Waals surface area contributed by atoms with E-state index in [1.54, 1.807) is 0 Å². The quantitative estimate of drug-likeness (QED) is 0.804. The summed E-state index contributed by atoms with van der Waals surface area (Å²) in [6.45, 7) is 2.05. The summed E-state index contributed by atoms with van der Waals surface area (Å²) >= 11 is 0. The monoisotopic (exact) mass is 213 g/mol. The molecule has 0 spiro atoms. The summed E-state index contributed by atoms with van der Waals surface area (Å²) in [5.74, 6) is 0.248. The van der Waals surface area contributed by atoms with Crippen LogP contribution in [0.1, 0.15) is 6.92 Å². The van der Waals surface area contributed by atoms with Gasteiger partial charge in [0.1, 0.15) is 0 Å². The van der Waals surface area contributed by atoms with Crippen LogP contribution in [0.4, 0.5) is 5.69 Å². The Balaban J connectivity index is 2.04. The Morgan fingerprint density at radius 3 is 2.50 bits per heavy atom.